The van der Waals surface area contributed by atoms with Crippen molar-refractivity contribution in [1.82, 2.24) is 41.5 Å². The van der Waals surface area contributed by atoms with Gasteiger partial charge in [0, 0.05) is 83.0 Å². The van der Waals surface area contributed by atoms with Crippen LogP contribution in [0.2, 0.25) is 0 Å². The Kier molecular flexibility index (Phi) is 51.4. The van der Waals surface area contributed by atoms with E-state index in [1.54, 1.807) is 6.20 Å². The summed E-state index contributed by atoms with van der Waals surface area (Å²) in [6.45, 7) is 2.70. The molecule has 1 fully saturated rings. The molecule has 0 spiro atoms. The Morgan fingerprint density at radius 2 is 1.09 bits per heavy atom. The van der Waals surface area contributed by atoms with Crippen LogP contribution >= 0.6 is 0 Å². The molecular formula is C67H113N9O22. The van der Waals surface area contributed by atoms with E-state index in [0.29, 0.717) is 37.8 Å². The number of carbonyl (C=O) groups is 13. The van der Waals surface area contributed by atoms with Crippen LogP contribution < -0.4 is 32.3 Å². The molecule has 2 rings (SSSR count). The van der Waals surface area contributed by atoms with Gasteiger partial charge < -0.3 is 81.8 Å². The first kappa shape index (κ1) is 88.9. The molecule has 558 valence electrons. The fraction of sp³-hybridized carbons (Fsp3) is 0.761. The molecule has 0 aliphatic carbocycles. The van der Waals surface area contributed by atoms with Gasteiger partial charge in [-0.15, -0.1) is 0 Å². The number of likely N-dealkylation sites (N-methyl/N-ethyl adjacent to an activating group) is 1. The zero-order valence-corrected chi connectivity index (χ0v) is 57.7. The van der Waals surface area contributed by atoms with Gasteiger partial charge in [-0.2, -0.15) is 0 Å². The highest BCUT2D eigenvalue weighted by atomic mass is 16.5. The number of carboxylic acids is 5. The lowest BCUT2D eigenvalue weighted by Crippen LogP contribution is -2.44. The van der Waals surface area contributed by atoms with Crippen LogP contribution in [-0.2, 0) is 87.7 Å². The van der Waals surface area contributed by atoms with E-state index in [1.807, 2.05) is 11.9 Å². The van der Waals surface area contributed by atoms with Gasteiger partial charge in [0.25, 0.3) is 0 Å². The number of aliphatic carboxylic acids is 5. The first-order chi connectivity index (χ1) is 46.9. The highest BCUT2D eigenvalue weighted by Crippen LogP contribution is 2.18. The number of aromatic amines is 1. The molecule has 0 saturated carbocycles. The second kappa shape index (κ2) is 56.7. The first-order valence-electron chi connectivity index (χ1n) is 34.7. The lowest BCUT2D eigenvalue weighted by Gasteiger charge is -2.17. The number of H-pyrrole nitrogens is 1. The first-order valence-corrected chi connectivity index (χ1v) is 34.7. The number of nitrogens with two attached hydrogens (primary N) is 1. The summed E-state index contributed by atoms with van der Waals surface area (Å²) >= 11 is 0. The molecule has 6 atom stereocenters. The fourth-order valence-electron chi connectivity index (χ4n) is 10.4. The molecular weight excluding hydrogens is 1280 g/mol. The minimum Gasteiger partial charge on any atom is -0.481 e. The van der Waals surface area contributed by atoms with E-state index in [1.165, 1.54) is 45.4 Å². The summed E-state index contributed by atoms with van der Waals surface area (Å²) in [6, 6.07) is -4.22. The van der Waals surface area contributed by atoms with Crippen LogP contribution in [0.4, 0.5) is 0 Å². The van der Waals surface area contributed by atoms with Gasteiger partial charge in [-0.05, 0) is 91.1 Å². The third kappa shape index (κ3) is 48.5. The zero-order valence-electron chi connectivity index (χ0n) is 57.7. The zero-order chi connectivity index (χ0) is 72.7. The van der Waals surface area contributed by atoms with Crippen molar-refractivity contribution < 1.29 is 107 Å². The number of imidazole rings is 1. The number of hydrogen-bond donors (Lipinski definition) is 12. The molecule has 1 aliphatic rings. The van der Waals surface area contributed by atoms with Crippen LogP contribution in [0.15, 0.2) is 12.5 Å². The van der Waals surface area contributed by atoms with Gasteiger partial charge in [-0.25, -0.2) is 14.6 Å². The van der Waals surface area contributed by atoms with Crippen molar-refractivity contribution in [3.63, 3.8) is 0 Å². The molecule has 0 aromatic carbocycles. The molecule has 1 aromatic rings. The van der Waals surface area contributed by atoms with Crippen molar-refractivity contribution in [2.45, 2.75) is 236 Å². The topological polar surface area (TPSA) is 478 Å². The van der Waals surface area contributed by atoms with Crippen LogP contribution in [0.5, 0.6) is 0 Å². The molecule has 98 heavy (non-hydrogen) atoms. The molecule has 4 amide bonds. The highest BCUT2D eigenvalue weighted by molar-refractivity contribution is 5.89. The number of amides is 4. The molecule has 1 aliphatic heterocycles. The number of likely N-dealkylation sites (tertiary alicyclic amines) is 1. The lowest BCUT2D eigenvalue weighted by molar-refractivity contribution is -0.145. The Labute approximate surface area is 575 Å². The van der Waals surface area contributed by atoms with Gasteiger partial charge in [-0.1, -0.05) is 77.0 Å². The summed E-state index contributed by atoms with van der Waals surface area (Å²) < 4.78 is 21.4. The molecule has 1 saturated heterocycles. The van der Waals surface area contributed by atoms with Crippen molar-refractivity contribution >= 4 is 76.6 Å². The molecule has 1 aromatic heterocycles. The fourth-order valence-corrected chi connectivity index (χ4v) is 10.4. The van der Waals surface area contributed by atoms with Crippen LogP contribution in [0.25, 0.3) is 0 Å². The van der Waals surface area contributed by atoms with Gasteiger partial charge in [0.05, 0.1) is 63.9 Å². The van der Waals surface area contributed by atoms with E-state index in [2.05, 4.69) is 36.6 Å². The number of hydrogen-bond acceptors (Lipinski definition) is 21. The average molecular weight is 1400 g/mol. The second-order valence-electron chi connectivity index (χ2n) is 24.7. The number of ether oxygens (including phenoxy) is 4. The van der Waals surface area contributed by atoms with Gasteiger partial charge in [0.1, 0.15) is 42.9 Å². The number of nitrogens with one attached hydrogen (secondary N) is 6. The molecule has 31 heteroatoms. The second-order valence-corrected chi connectivity index (χ2v) is 24.7. The van der Waals surface area contributed by atoms with E-state index in [4.69, 9.17) is 34.9 Å². The van der Waals surface area contributed by atoms with E-state index in [-0.39, 0.29) is 165 Å². The smallest absolute Gasteiger partial charge is 0.326 e. The summed E-state index contributed by atoms with van der Waals surface area (Å²) in [7, 11) is 1.85. The van der Waals surface area contributed by atoms with Crippen LogP contribution in [0.1, 0.15) is 205 Å². The molecule has 0 unspecified atom stereocenters. The molecule has 13 N–H and O–H groups in total. The minimum absolute atomic E-state index is 0.0221. The average Bonchev–Trinajstić information content (AvgIpc) is 1.84. The number of unbranched alkanes of at least 4 members (excludes halogenated alkanes) is 14. The standard InChI is InChI=1S/C61H102N8O20.C6H11NO2/c1-44(70)50(66-40-53(73)49(62)38-46-39-63-43-67-46)20-16-17-29-64-54(74)27-23-45(59(80)81)37-47(71)24-25-51(60(82)83)69-57(77)42-89-36-33-86-31-18-19-48(72)41-88-35-34-87-32-30-65-55(75)28-26-52(61(84)85)68-56(76)21-14-12-10-8-6-4-2-3-5-7-9-11-13-15-22-58(78)79;1-7-4-2-3-5(7)6(8)9/h39,43,45,49-52,66H,2-38,40-42,62H2,1H3,(H,63,67)(H,64,74)(H,65,75)(H,68,76)(H,69,77)(H,78,79)(H,80,81)(H,82,83)(H,84,85);5H,2-4H2,1H3,(H,8,9)/t45-,49+,50+,51+,52+;5-/m10/s1. The van der Waals surface area contributed by atoms with E-state index in [0.717, 1.165) is 70.8 Å². The molecule has 0 bridgehead atoms. The number of rotatable bonds is 63. The maximum Gasteiger partial charge on any atom is 0.326 e. The van der Waals surface area contributed by atoms with Crippen LogP contribution in [0, 0.1) is 5.92 Å². The van der Waals surface area contributed by atoms with Gasteiger partial charge in [0.2, 0.25) is 23.6 Å². The third-order valence-corrected chi connectivity index (χ3v) is 16.2. The van der Waals surface area contributed by atoms with Crippen LogP contribution in [-0.4, -0.2) is 233 Å². The number of Topliss-reactive ketones (excluding diaryl/α,β-unsaturated/α-hetero) is 4. The Morgan fingerprint density at radius 1 is 0.551 bits per heavy atom. The minimum atomic E-state index is -1.46. The van der Waals surface area contributed by atoms with Gasteiger partial charge in [0.15, 0.2) is 11.6 Å². The van der Waals surface area contributed by atoms with Crippen molar-refractivity contribution in [3.8, 4) is 0 Å². The third-order valence-electron chi connectivity index (χ3n) is 16.2. The van der Waals surface area contributed by atoms with E-state index >= 15 is 0 Å². The predicted octanol–water partition coefficient (Wildman–Crippen LogP) is 3.84. The number of carboxylic acid groups (broad SMARTS) is 5. The van der Waals surface area contributed by atoms with Crippen molar-refractivity contribution in [2.24, 2.45) is 11.7 Å². The van der Waals surface area contributed by atoms with Gasteiger partial charge >= 0.3 is 29.8 Å². The normalized spacial score (nSPS) is 14.3. The summed E-state index contributed by atoms with van der Waals surface area (Å²) in [4.78, 5) is 164. The summed E-state index contributed by atoms with van der Waals surface area (Å²) in [5, 5.41) is 59.2. The monoisotopic (exact) mass is 1400 g/mol. The van der Waals surface area contributed by atoms with E-state index < -0.39 is 90.6 Å². The van der Waals surface area contributed by atoms with Crippen molar-refractivity contribution in [2.75, 3.05) is 86.1 Å². The maximum absolute atomic E-state index is 12.7. The molecule has 0 radical (unpaired) electrons. The molecule has 2 heterocycles. The van der Waals surface area contributed by atoms with Gasteiger partial charge in [-0.3, -0.25) is 57.6 Å². The lowest BCUT2D eigenvalue weighted by atomic mass is 9.94. The summed E-state index contributed by atoms with van der Waals surface area (Å²) in [5.74, 6) is -9.66. The quantitative estimate of drug-likeness (QED) is 0.0412. The Hall–Kier alpha value is -7.16. The predicted molar refractivity (Wildman–Crippen MR) is 358 cm³/mol. The van der Waals surface area contributed by atoms with Crippen molar-refractivity contribution in [1.29, 1.82) is 0 Å². The molecule has 31 nitrogen and oxygen atoms in total. The maximum atomic E-state index is 12.7. The summed E-state index contributed by atoms with van der Waals surface area (Å²) in [5.41, 5.74) is 6.69. The number of ketones is 4. The largest absolute Gasteiger partial charge is 0.481 e. The van der Waals surface area contributed by atoms with Crippen LogP contribution in [0.3, 0.4) is 0 Å². The number of carbonyl (C=O) groups excluding carboxylic acids is 8. The Bertz CT molecular complexity index is 2510. The Morgan fingerprint density at radius 3 is 1.62 bits per heavy atom. The van der Waals surface area contributed by atoms with E-state index in [9.17, 15) is 77.6 Å². The SMILES string of the molecule is CC(=O)[C@H](CCCCNC(=O)CC[C@H](CC(=O)CC[C@H](NC(=O)COCCOCCCC(=O)COCCOCCNC(=O)CC[C@H](NC(=O)CCCCCCCCCCCCCCCCC(=O)O)C(=O)O)C(=O)O)C(=O)O)NCC(=O)[C@@H](N)Cc1cnc[nH]1.CN1CCC[C@H]1C(=O)O. The Balaban J connectivity index is 0.00000490. The number of aromatic nitrogens is 2. The summed E-state index contributed by atoms with van der Waals surface area (Å²) in [6.07, 6.45) is 20.8. The number of nitrogens with zero attached hydrogens (tertiary/aromatic N) is 2. The van der Waals surface area contributed by atoms with Crippen molar-refractivity contribution in [3.05, 3.63) is 18.2 Å². The highest BCUT2D eigenvalue weighted by Gasteiger charge is 2.28.